The summed E-state index contributed by atoms with van der Waals surface area (Å²) in [5, 5.41) is 18.7. The highest BCUT2D eigenvalue weighted by Gasteiger charge is 2.24. The molecule has 180 valence electrons. The van der Waals surface area contributed by atoms with Crippen LogP contribution in [0.1, 0.15) is 6.42 Å². The normalized spacial score (nSPS) is 13.9. The second kappa shape index (κ2) is 9.45. The van der Waals surface area contributed by atoms with Crippen molar-refractivity contribution in [2.24, 2.45) is 0 Å². The number of fused-ring (bicyclic) bond motifs is 1. The predicted octanol–water partition coefficient (Wildman–Crippen LogP) is 2.15. The van der Waals surface area contributed by atoms with E-state index in [4.69, 9.17) is 15.1 Å². The molecule has 0 amide bonds. The average Bonchev–Trinajstić information content (AvgIpc) is 3.32. The van der Waals surface area contributed by atoms with E-state index in [1.54, 1.807) is 30.9 Å². The zero-order chi connectivity index (χ0) is 24.4. The summed E-state index contributed by atoms with van der Waals surface area (Å²) in [5.74, 6) is 0.561. The molecule has 2 N–H and O–H groups in total. The maximum absolute atomic E-state index is 11.2. The Kier molecular flexibility index (Phi) is 6.04. The predicted molar refractivity (Wildman–Crippen MR) is 133 cm³/mol. The van der Waals surface area contributed by atoms with Crippen molar-refractivity contribution in [3.05, 3.63) is 55.1 Å². The van der Waals surface area contributed by atoms with E-state index in [2.05, 4.69) is 19.8 Å². The van der Waals surface area contributed by atoms with Crippen LogP contribution in [0.3, 0.4) is 0 Å². The largest absolute Gasteiger partial charge is 0.508 e. The fourth-order valence-electron chi connectivity index (χ4n) is 4.17. The van der Waals surface area contributed by atoms with Crippen LogP contribution < -0.4 is 14.7 Å². The third-order valence-corrected chi connectivity index (χ3v) is 6.11. The van der Waals surface area contributed by atoms with Gasteiger partial charge in [0.05, 0.1) is 12.1 Å². The summed E-state index contributed by atoms with van der Waals surface area (Å²) in [6, 6.07) is 11.0. The van der Waals surface area contributed by atoms with Gasteiger partial charge in [0.1, 0.15) is 12.1 Å². The lowest BCUT2D eigenvalue weighted by atomic mass is 10.2. The molecule has 4 heterocycles. The highest BCUT2D eigenvalue weighted by molar-refractivity contribution is 5.86. The van der Waals surface area contributed by atoms with Crippen LogP contribution in [-0.2, 0) is 4.79 Å². The Morgan fingerprint density at radius 3 is 2.34 bits per heavy atom. The van der Waals surface area contributed by atoms with E-state index < -0.39 is 5.97 Å². The number of piperazine rings is 1. The lowest BCUT2D eigenvalue weighted by Crippen LogP contribution is -2.47. The summed E-state index contributed by atoms with van der Waals surface area (Å²) < 4.78 is 1.89. The number of aliphatic carboxylic acids is 1. The molecule has 0 atom stereocenters. The van der Waals surface area contributed by atoms with Gasteiger partial charge < -0.3 is 24.9 Å². The molecule has 5 rings (SSSR count). The van der Waals surface area contributed by atoms with Crippen LogP contribution in [0.15, 0.2) is 55.1 Å². The average molecular weight is 475 g/mol. The van der Waals surface area contributed by atoms with Crippen molar-refractivity contribution in [1.82, 2.24) is 24.5 Å². The van der Waals surface area contributed by atoms with Crippen LogP contribution >= 0.6 is 0 Å². The van der Waals surface area contributed by atoms with E-state index in [1.165, 1.54) is 0 Å². The molecule has 0 radical (unpaired) electrons. The lowest BCUT2D eigenvalue weighted by molar-refractivity contribution is -0.136. The molecular formula is C24H26N8O3. The van der Waals surface area contributed by atoms with Gasteiger partial charge in [0.15, 0.2) is 17.0 Å². The van der Waals surface area contributed by atoms with Gasteiger partial charge in [-0.05, 0) is 36.4 Å². The Morgan fingerprint density at radius 1 is 0.971 bits per heavy atom. The van der Waals surface area contributed by atoms with E-state index in [-0.39, 0.29) is 12.2 Å². The second-order valence-electron chi connectivity index (χ2n) is 8.40. The van der Waals surface area contributed by atoms with Crippen molar-refractivity contribution in [2.45, 2.75) is 6.42 Å². The minimum Gasteiger partial charge on any atom is -0.508 e. The van der Waals surface area contributed by atoms with Crippen LogP contribution in [0.5, 0.6) is 5.75 Å². The Morgan fingerprint density at radius 2 is 1.66 bits per heavy atom. The fourth-order valence-corrected chi connectivity index (χ4v) is 4.17. The molecule has 1 aromatic carbocycles. The van der Waals surface area contributed by atoms with Crippen molar-refractivity contribution in [2.75, 3.05) is 54.5 Å². The summed E-state index contributed by atoms with van der Waals surface area (Å²) in [5.41, 5.74) is 3.20. The molecule has 0 saturated carbocycles. The Balaban J connectivity index is 1.47. The molecule has 1 fully saturated rings. The first-order chi connectivity index (χ1) is 17.0. The summed E-state index contributed by atoms with van der Waals surface area (Å²) in [6.45, 7) is 3.29. The standard InChI is InChI=1S/C24H26N8O3/c1-29(11-8-20(34)35)22-21-23(32(16-26-21)18-6-9-25-10-7-18)28-24(27-22)31-14-12-30(13-15-31)17-2-4-19(33)5-3-17/h2-7,9-10,16,33H,8,11-15H2,1H3,(H,34,35). The molecule has 1 aliphatic rings. The van der Waals surface area contributed by atoms with Crippen LogP contribution in [0.2, 0.25) is 0 Å². The first-order valence-corrected chi connectivity index (χ1v) is 11.4. The Labute approximate surface area is 201 Å². The minimum atomic E-state index is -0.866. The zero-order valence-corrected chi connectivity index (χ0v) is 19.3. The number of phenolic OH excluding ortho intramolecular Hbond substituents is 1. The van der Waals surface area contributed by atoms with E-state index in [0.717, 1.165) is 24.5 Å². The van der Waals surface area contributed by atoms with E-state index >= 15 is 0 Å². The molecule has 0 aliphatic carbocycles. The molecule has 3 aromatic heterocycles. The summed E-state index contributed by atoms with van der Waals surface area (Å²) >= 11 is 0. The number of aromatic hydroxyl groups is 1. The summed E-state index contributed by atoms with van der Waals surface area (Å²) in [4.78, 5) is 35.7. The molecule has 11 nitrogen and oxygen atoms in total. The smallest absolute Gasteiger partial charge is 0.305 e. The van der Waals surface area contributed by atoms with Crippen molar-refractivity contribution < 1.29 is 15.0 Å². The summed E-state index contributed by atoms with van der Waals surface area (Å²) in [7, 11) is 1.82. The number of pyridine rings is 1. The van der Waals surface area contributed by atoms with Gasteiger partial charge in [-0.3, -0.25) is 14.3 Å². The topological polar surface area (TPSA) is 124 Å². The van der Waals surface area contributed by atoms with Crippen molar-refractivity contribution in [3.63, 3.8) is 0 Å². The van der Waals surface area contributed by atoms with Crippen LogP contribution in [0.25, 0.3) is 16.9 Å². The maximum atomic E-state index is 11.2. The van der Waals surface area contributed by atoms with Crippen molar-refractivity contribution in [3.8, 4) is 11.4 Å². The number of anilines is 3. The number of benzene rings is 1. The summed E-state index contributed by atoms with van der Waals surface area (Å²) in [6.07, 6.45) is 5.13. The van der Waals surface area contributed by atoms with Gasteiger partial charge in [0.25, 0.3) is 0 Å². The van der Waals surface area contributed by atoms with Gasteiger partial charge >= 0.3 is 5.97 Å². The van der Waals surface area contributed by atoms with Crippen LogP contribution in [0.4, 0.5) is 17.5 Å². The Bertz CT molecular complexity index is 1320. The Hall–Kier alpha value is -4.41. The number of rotatable bonds is 7. The molecule has 0 bridgehead atoms. The highest BCUT2D eigenvalue weighted by Crippen LogP contribution is 2.28. The van der Waals surface area contributed by atoms with Gasteiger partial charge in [-0.1, -0.05) is 0 Å². The number of hydrogen-bond donors (Lipinski definition) is 2. The van der Waals surface area contributed by atoms with Crippen molar-refractivity contribution >= 4 is 34.6 Å². The maximum Gasteiger partial charge on any atom is 0.305 e. The van der Waals surface area contributed by atoms with Gasteiger partial charge in [-0.25, -0.2) is 4.98 Å². The van der Waals surface area contributed by atoms with Gasteiger partial charge in [-0.15, -0.1) is 0 Å². The van der Waals surface area contributed by atoms with Gasteiger partial charge in [-0.2, -0.15) is 9.97 Å². The van der Waals surface area contributed by atoms with Gasteiger partial charge in [0.2, 0.25) is 5.95 Å². The monoisotopic (exact) mass is 474 g/mol. The quantitative estimate of drug-likeness (QED) is 0.412. The molecule has 0 spiro atoms. The van der Waals surface area contributed by atoms with E-state index in [0.29, 0.717) is 42.6 Å². The third kappa shape index (κ3) is 4.65. The molecular weight excluding hydrogens is 448 g/mol. The first-order valence-electron chi connectivity index (χ1n) is 11.4. The molecule has 35 heavy (non-hydrogen) atoms. The highest BCUT2D eigenvalue weighted by atomic mass is 16.4. The SMILES string of the molecule is CN(CCC(=O)O)c1nc(N2CCN(c3ccc(O)cc3)CC2)nc2c1ncn2-c1ccncc1. The number of carbonyl (C=O) groups is 1. The molecule has 4 aromatic rings. The number of carboxylic acids is 1. The fraction of sp³-hybridized carbons (Fsp3) is 0.292. The molecule has 1 aliphatic heterocycles. The minimum absolute atomic E-state index is 0.00625. The number of nitrogens with zero attached hydrogens (tertiary/aromatic N) is 8. The molecule has 1 saturated heterocycles. The number of imidazole rings is 1. The van der Waals surface area contributed by atoms with E-state index in [9.17, 15) is 9.90 Å². The lowest BCUT2D eigenvalue weighted by Gasteiger charge is -2.36. The first kappa shape index (κ1) is 22.4. The van der Waals surface area contributed by atoms with E-state index in [1.807, 2.05) is 40.8 Å². The third-order valence-electron chi connectivity index (χ3n) is 6.11. The number of aromatic nitrogens is 5. The van der Waals surface area contributed by atoms with Crippen LogP contribution in [-0.4, -0.2) is 80.5 Å². The number of carboxylic acid groups (broad SMARTS) is 1. The number of hydrogen-bond acceptors (Lipinski definition) is 9. The molecule has 11 heteroatoms. The number of phenols is 1. The molecule has 0 unspecified atom stereocenters. The van der Waals surface area contributed by atoms with Crippen molar-refractivity contribution in [1.29, 1.82) is 0 Å². The van der Waals surface area contributed by atoms with Crippen LogP contribution in [0, 0.1) is 0 Å². The van der Waals surface area contributed by atoms with Gasteiger partial charge in [0, 0.05) is 57.9 Å². The second-order valence-corrected chi connectivity index (χ2v) is 8.40. The zero-order valence-electron chi connectivity index (χ0n) is 19.3.